The molecule has 17 heavy (non-hydrogen) atoms. The second-order valence-corrected chi connectivity index (χ2v) is 3.46. The molecule has 0 aliphatic heterocycles. The van der Waals surface area contributed by atoms with Gasteiger partial charge >= 0.3 is 12.1 Å². The summed E-state index contributed by atoms with van der Waals surface area (Å²) in [6.07, 6.45) is -6.64. The fourth-order valence-corrected chi connectivity index (χ4v) is 1.17. The Bertz CT molecular complexity index is 383. The maximum atomic E-state index is 12.5. The van der Waals surface area contributed by atoms with Crippen molar-refractivity contribution in [2.75, 3.05) is 6.67 Å². The molecule has 2 nitrogen and oxygen atoms in total. The van der Waals surface area contributed by atoms with Gasteiger partial charge < -0.3 is 4.74 Å². The van der Waals surface area contributed by atoms with Crippen molar-refractivity contribution in [3.63, 3.8) is 0 Å². The van der Waals surface area contributed by atoms with E-state index in [1.807, 2.05) is 0 Å². The Balaban J connectivity index is 2.79. The molecule has 1 rings (SSSR count). The lowest BCUT2D eigenvalue weighted by molar-refractivity contribution is -0.206. The van der Waals surface area contributed by atoms with Crippen molar-refractivity contribution < 1.29 is 27.1 Å². The SMILES string of the molecule is Cc1ccc(C(CF)OC(=O)C(F)(F)F)cc1. The molecule has 0 radical (unpaired) electrons. The first-order valence-corrected chi connectivity index (χ1v) is 4.75. The number of rotatable bonds is 3. The van der Waals surface area contributed by atoms with Crippen molar-refractivity contribution in [3.05, 3.63) is 35.4 Å². The molecule has 1 aromatic carbocycles. The quantitative estimate of drug-likeness (QED) is 0.608. The van der Waals surface area contributed by atoms with Crippen molar-refractivity contribution in [3.8, 4) is 0 Å². The third kappa shape index (κ3) is 3.72. The highest BCUT2D eigenvalue weighted by Crippen LogP contribution is 2.24. The summed E-state index contributed by atoms with van der Waals surface area (Å²) in [6.45, 7) is 0.570. The topological polar surface area (TPSA) is 26.3 Å². The number of carbonyl (C=O) groups excluding carboxylic acids is 1. The molecule has 0 heterocycles. The fraction of sp³-hybridized carbons (Fsp3) is 0.364. The monoisotopic (exact) mass is 250 g/mol. The molecule has 6 heteroatoms. The summed E-state index contributed by atoms with van der Waals surface area (Å²) in [5.74, 6) is -2.39. The van der Waals surface area contributed by atoms with Gasteiger partial charge in [0.1, 0.15) is 6.67 Å². The summed E-state index contributed by atoms with van der Waals surface area (Å²) in [5.41, 5.74) is 1.06. The van der Waals surface area contributed by atoms with Gasteiger partial charge in [-0.15, -0.1) is 0 Å². The summed E-state index contributed by atoms with van der Waals surface area (Å²) < 4.78 is 52.4. The lowest BCUT2D eigenvalue weighted by Crippen LogP contribution is -2.27. The van der Waals surface area contributed by atoms with Gasteiger partial charge in [-0.1, -0.05) is 29.8 Å². The van der Waals surface area contributed by atoms with Crippen LogP contribution >= 0.6 is 0 Å². The number of carbonyl (C=O) groups is 1. The molecule has 1 aromatic rings. The van der Waals surface area contributed by atoms with E-state index in [2.05, 4.69) is 4.74 Å². The highest BCUT2D eigenvalue weighted by molar-refractivity contribution is 5.75. The molecule has 0 spiro atoms. The van der Waals surface area contributed by atoms with Crippen LogP contribution in [0.15, 0.2) is 24.3 Å². The minimum atomic E-state index is -5.11. The molecule has 94 valence electrons. The molecule has 0 saturated carbocycles. The first-order valence-electron chi connectivity index (χ1n) is 4.75. The first kappa shape index (κ1) is 13.5. The molecule has 0 saturated heterocycles. The van der Waals surface area contributed by atoms with E-state index in [4.69, 9.17) is 0 Å². The molecule has 0 aromatic heterocycles. The minimum Gasteiger partial charge on any atom is -0.448 e. The van der Waals surface area contributed by atoms with Gasteiger partial charge in [-0.05, 0) is 12.5 Å². The van der Waals surface area contributed by atoms with Crippen molar-refractivity contribution in [1.29, 1.82) is 0 Å². The van der Waals surface area contributed by atoms with Gasteiger partial charge in [0.05, 0.1) is 0 Å². The van der Waals surface area contributed by atoms with E-state index in [-0.39, 0.29) is 5.56 Å². The van der Waals surface area contributed by atoms with Gasteiger partial charge in [-0.25, -0.2) is 9.18 Å². The zero-order valence-electron chi connectivity index (χ0n) is 8.92. The van der Waals surface area contributed by atoms with Crippen LogP contribution in [-0.2, 0) is 9.53 Å². The Hall–Kier alpha value is -1.59. The minimum absolute atomic E-state index is 0.190. The second kappa shape index (κ2) is 5.16. The molecule has 0 aliphatic carbocycles. The van der Waals surface area contributed by atoms with Gasteiger partial charge in [-0.2, -0.15) is 13.2 Å². The predicted molar refractivity (Wildman–Crippen MR) is 52.0 cm³/mol. The van der Waals surface area contributed by atoms with Gasteiger partial charge in [0.2, 0.25) is 0 Å². The molecular formula is C11H10F4O2. The van der Waals surface area contributed by atoms with Crippen LogP contribution in [0, 0.1) is 6.92 Å². The molecule has 0 aliphatic rings. The normalized spacial score (nSPS) is 13.2. The predicted octanol–water partition coefficient (Wildman–Crippen LogP) is 3.11. The fourth-order valence-electron chi connectivity index (χ4n) is 1.17. The Morgan fingerprint density at radius 3 is 2.24 bits per heavy atom. The van der Waals surface area contributed by atoms with Gasteiger partial charge in [0.25, 0.3) is 0 Å². The number of halogens is 4. The number of hydrogen-bond acceptors (Lipinski definition) is 2. The lowest BCUT2D eigenvalue weighted by Gasteiger charge is -2.16. The number of benzene rings is 1. The largest absolute Gasteiger partial charge is 0.490 e. The molecule has 0 amide bonds. The first-order chi connectivity index (χ1) is 7.84. The third-order valence-electron chi connectivity index (χ3n) is 2.07. The van der Waals surface area contributed by atoms with Crippen LogP contribution in [-0.4, -0.2) is 18.8 Å². The maximum Gasteiger partial charge on any atom is 0.490 e. The summed E-state index contributed by atoms with van der Waals surface area (Å²) in [7, 11) is 0. The molecule has 0 bridgehead atoms. The number of ether oxygens (including phenoxy) is 1. The van der Waals surface area contributed by atoms with E-state index in [9.17, 15) is 22.4 Å². The maximum absolute atomic E-state index is 12.5. The highest BCUT2D eigenvalue weighted by Gasteiger charge is 2.42. The van der Waals surface area contributed by atoms with Gasteiger partial charge in [0.15, 0.2) is 6.10 Å². The standard InChI is InChI=1S/C11H10F4O2/c1-7-2-4-8(5-3-7)9(6-12)17-10(16)11(13,14)15/h2-5,9H,6H2,1H3. The molecule has 0 N–H and O–H groups in total. The Kier molecular flexibility index (Phi) is 4.09. The van der Waals surface area contributed by atoms with Crippen molar-refractivity contribution in [2.45, 2.75) is 19.2 Å². The van der Waals surface area contributed by atoms with Crippen LogP contribution in [0.2, 0.25) is 0 Å². The van der Waals surface area contributed by atoms with E-state index >= 15 is 0 Å². The van der Waals surface area contributed by atoms with Crippen molar-refractivity contribution >= 4 is 5.97 Å². The van der Waals surface area contributed by atoms with Gasteiger partial charge in [0, 0.05) is 0 Å². The van der Waals surface area contributed by atoms with Crippen molar-refractivity contribution in [1.82, 2.24) is 0 Å². The Morgan fingerprint density at radius 1 is 1.29 bits per heavy atom. The van der Waals surface area contributed by atoms with Crippen molar-refractivity contribution in [2.24, 2.45) is 0 Å². The van der Waals surface area contributed by atoms with Gasteiger partial charge in [-0.3, -0.25) is 0 Å². The average molecular weight is 250 g/mol. The molecule has 1 atom stereocenters. The van der Waals surface area contributed by atoms with Crippen LogP contribution in [0.25, 0.3) is 0 Å². The molecule has 0 fully saturated rings. The van der Waals surface area contributed by atoms with E-state index in [0.717, 1.165) is 5.56 Å². The lowest BCUT2D eigenvalue weighted by atomic mass is 10.1. The molecule has 1 unspecified atom stereocenters. The van der Waals surface area contributed by atoms with Crippen LogP contribution in [0.1, 0.15) is 17.2 Å². The summed E-state index contributed by atoms with van der Waals surface area (Å²) >= 11 is 0. The number of aryl methyl sites for hydroxylation is 1. The molecular weight excluding hydrogens is 240 g/mol. The smallest absolute Gasteiger partial charge is 0.448 e. The van der Waals surface area contributed by atoms with Crippen LogP contribution < -0.4 is 0 Å². The van der Waals surface area contributed by atoms with Crippen LogP contribution in [0.5, 0.6) is 0 Å². The van der Waals surface area contributed by atoms with E-state index in [1.54, 1.807) is 19.1 Å². The van der Waals surface area contributed by atoms with E-state index < -0.39 is 24.9 Å². The average Bonchev–Trinajstić information content (AvgIpc) is 2.25. The van der Waals surface area contributed by atoms with E-state index in [0.29, 0.717) is 0 Å². The van der Waals surface area contributed by atoms with E-state index in [1.165, 1.54) is 12.1 Å². The summed E-state index contributed by atoms with van der Waals surface area (Å²) in [5, 5.41) is 0. The van der Waals surface area contributed by atoms with Crippen LogP contribution in [0.4, 0.5) is 17.6 Å². The second-order valence-electron chi connectivity index (χ2n) is 3.46. The number of hydrogen-bond donors (Lipinski definition) is 0. The zero-order chi connectivity index (χ0) is 13.1. The number of alkyl halides is 4. The Labute approximate surface area is 95.2 Å². The highest BCUT2D eigenvalue weighted by atomic mass is 19.4. The summed E-state index contributed by atoms with van der Waals surface area (Å²) in [6, 6.07) is 6.03. The Morgan fingerprint density at radius 2 is 1.82 bits per heavy atom. The summed E-state index contributed by atoms with van der Waals surface area (Å²) in [4.78, 5) is 10.6. The number of esters is 1. The third-order valence-corrected chi connectivity index (χ3v) is 2.07. The van der Waals surface area contributed by atoms with Crippen LogP contribution in [0.3, 0.4) is 0 Å². The zero-order valence-corrected chi connectivity index (χ0v) is 8.92.